The molecule has 0 fully saturated rings. The first-order chi connectivity index (χ1) is 8.81. The highest BCUT2D eigenvalue weighted by atomic mass is 79.9. The van der Waals surface area contributed by atoms with E-state index in [0.717, 1.165) is 21.2 Å². The van der Waals surface area contributed by atoms with E-state index in [2.05, 4.69) is 58.4 Å². The minimum absolute atomic E-state index is 0.918. The molecule has 86 valence electrons. The van der Waals surface area contributed by atoms with Crippen molar-refractivity contribution in [1.82, 2.24) is 0 Å². The molecule has 0 aromatic heterocycles. The summed E-state index contributed by atoms with van der Waals surface area (Å²) in [5.74, 6) is 0.950. The summed E-state index contributed by atoms with van der Waals surface area (Å²) in [4.78, 5) is 0. The first kappa shape index (κ1) is 10.2. The van der Waals surface area contributed by atoms with Crippen molar-refractivity contribution in [2.45, 2.75) is 0 Å². The average molecular weight is 297 g/mol. The van der Waals surface area contributed by atoms with Crippen LogP contribution in [-0.2, 0) is 0 Å². The molecule has 4 rings (SSSR count). The van der Waals surface area contributed by atoms with Gasteiger partial charge in [0, 0.05) is 15.4 Å². The van der Waals surface area contributed by atoms with Crippen molar-refractivity contribution in [2.24, 2.45) is 0 Å². The van der Waals surface area contributed by atoms with Crippen molar-refractivity contribution in [1.29, 1.82) is 0 Å². The normalized spacial score (nSPS) is 11.6. The van der Waals surface area contributed by atoms with Gasteiger partial charge >= 0.3 is 0 Å². The van der Waals surface area contributed by atoms with E-state index in [9.17, 15) is 0 Å². The first-order valence-electron chi connectivity index (χ1n) is 5.82. The number of hydrogen-bond acceptors (Lipinski definition) is 1. The van der Waals surface area contributed by atoms with Gasteiger partial charge in [0.05, 0.1) is 0 Å². The largest absolute Gasteiger partial charge is 0.456 e. The van der Waals surface area contributed by atoms with Crippen molar-refractivity contribution in [3.8, 4) is 11.3 Å². The highest BCUT2D eigenvalue weighted by molar-refractivity contribution is 9.10. The maximum absolute atomic E-state index is 5.97. The minimum atomic E-state index is 0.918. The monoisotopic (exact) mass is 296 g/mol. The fourth-order valence-corrected chi connectivity index (χ4v) is 2.83. The van der Waals surface area contributed by atoms with Crippen LogP contribution in [0.2, 0.25) is 0 Å². The fourth-order valence-electron chi connectivity index (χ4n) is 2.45. The average Bonchev–Trinajstić information content (AvgIpc) is 2.74. The lowest BCUT2D eigenvalue weighted by Gasteiger charge is -2.03. The van der Waals surface area contributed by atoms with Gasteiger partial charge in [-0.25, -0.2) is 0 Å². The number of fused-ring (bicyclic) bond motifs is 4. The van der Waals surface area contributed by atoms with Crippen molar-refractivity contribution < 1.29 is 4.42 Å². The Labute approximate surface area is 112 Å². The lowest BCUT2D eigenvalue weighted by atomic mass is 10.1. The zero-order valence-electron chi connectivity index (χ0n) is 9.48. The van der Waals surface area contributed by atoms with Crippen LogP contribution in [0.25, 0.3) is 33.1 Å². The predicted molar refractivity (Wildman–Crippen MR) is 78.0 cm³/mol. The van der Waals surface area contributed by atoms with Gasteiger partial charge in [-0.1, -0.05) is 40.2 Å². The summed E-state index contributed by atoms with van der Waals surface area (Å²) in [5.41, 5.74) is 2.09. The molecule has 0 bridgehead atoms. The fraction of sp³-hybridized carbons (Fsp3) is 0. The molecule has 1 nitrogen and oxygen atoms in total. The predicted octanol–water partition coefficient (Wildman–Crippen LogP) is 5.45. The Morgan fingerprint density at radius 2 is 1.72 bits per heavy atom. The van der Waals surface area contributed by atoms with Crippen molar-refractivity contribution in [3.05, 3.63) is 59.1 Å². The maximum atomic E-state index is 5.97. The Balaban J connectivity index is 2.21. The molecule has 1 aliphatic carbocycles. The molecular formula is C16H9BrO. The molecule has 0 saturated carbocycles. The van der Waals surface area contributed by atoms with Crippen LogP contribution in [0, 0.1) is 0 Å². The summed E-state index contributed by atoms with van der Waals surface area (Å²) >= 11 is 3.50. The highest BCUT2D eigenvalue weighted by Crippen LogP contribution is 2.37. The van der Waals surface area contributed by atoms with Gasteiger partial charge in [0.25, 0.3) is 0 Å². The van der Waals surface area contributed by atoms with Gasteiger partial charge in [0.2, 0.25) is 0 Å². The van der Waals surface area contributed by atoms with Crippen LogP contribution in [-0.4, -0.2) is 0 Å². The first-order valence-corrected chi connectivity index (χ1v) is 6.61. The topological polar surface area (TPSA) is 13.1 Å². The molecule has 2 aromatic carbocycles. The lowest BCUT2D eigenvalue weighted by molar-refractivity contribution is 0.622. The highest BCUT2D eigenvalue weighted by Gasteiger charge is 2.13. The van der Waals surface area contributed by atoms with Crippen molar-refractivity contribution in [2.75, 3.05) is 0 Å². The van der Waals surface area contributed by atoms with E-state index in [0.29, 0.717) is 0 Å². The molecule has 2 heteroatoms. The van der Waals surface area contributed by atoms with Crippen molar-refractivity contribution in [3.63, 3.8) is 0 Å². The summed E-state index contributed by atoms with van der Waals surface area (Å²) in [6.07, 6.45) is 0. The lowest BCUT2D eigenvalue weighted by Crippen LogP contribution is -1.78. The third-order valence-electron chi connectivity index (χ3n) is 3.29. The Hall–Kier alpha value is -1.80. The van der Waals surface area contributed by atoms with Crippen LogP contribution >= 0.6 is 15.9 Å². The maximum Gasteiger partial charge on any atom is 0.135 e. The summed E-state index contributed by atoms with van der Waals surface area (Å²) in [7, 11) is 0. The van der Waals surface area contributed by atoms with Crippen LogP contribution in [0.4, 0.5) is 0 Å². The molecule has 0 N–H and O–H groups in total. The van der Waals surface area contributed by atoms with E-state index in [4.69, 9.17) is 4.42 Å². The molecule has 0 radical (unpaired) electrons. The summed E-state index contributed by atoms with van der Waals surface area (Å²) in [6.45, 7) is 0. The summed E-state index contributed by atoms with van der Waals surface area (Å²) in [5, 5.41) is 3.59. The molecule has 1 aliphatic heterocycles. The SMILES string of the molecule is Brc1ccc2oc3cc4ccccc4c-3cc2c1. The van der Waals surface area contributed by atoms with E-state index in [1.165, 1.54) is 16.3 Å². The third kappa shape index (κ3) is 1.39. The van der Waals surface area contributed by atoms with Gasteiger partial charge in [-0.3, -0.25) is 0 Å². The zero-order valence-corrected chi connectivity index (χ0v) is 11.1. The molecule has 1 heterocycles. The quantitative estimate of drug-likeness (QED) is 0.420. The molecule has 0 spiro atoms. The molecule has 2 aliphatic rings. The molecule has 2 aromatic rings. The number of benzene rings is 2. The minimum Gasteiger partial charge on any atom is -0.456 e. The van der Waals surface area contributed by atoms with Gasteiger partial charge in [0.15, 0.2) is 0 Å². The zero-order chi connectivity index (χ0) is 12.1. The van der Waals surface area contributed by atoms with Crippen LogP contribution in [0.3, 0.4) is 0 Å². The van der Waals surface area contributed by atoms with E-state index < -0.39 is 0 Å². The van der Waals surface area contributed by atoms with Crippen molar-refractivity contribution >= 4 is 37.7 Å². The van der Waals surface area contributed by atoms with Crippen LogP contribution in [0.5, 0.6) is 0 Å². The smallest absolute Gasteiger partial charge is 0.135 e. The van der Waals surface area contributed by atoms with Gasteiger partial charge < -0.3 is 4.42 Å². The molecule has 0 atom stereocenters. The van der Waals surface area contributed by atoms with E-state index in [-0.39, 0.29) is 0 Å². The second-order valence-electron chi connectivity index (χ2n) is 4.44. The van der Waals surface area contributed by atoms with E-state index in [1.54, 1.807) is 0 Å². The molecule has 18 heavy (non-hydrogen) atoms. The molecule has 0 unspecified atom stereocenters. The molecular weight excluding hydrogens is 288 g/mol. The summed E-state index contributed by atoms with van der Waals surface area (Å²) in [6, 6.07) is 18.7. The number of halogens is 1. The molecule has 0 saturated heterocycles. The second-order valence-corrected chi connectivity index (χ2v) is 5.35. The second kappa shape index (κ2) is 3.59. The standard InChI is InChI=1S/C16H9BrO/c17-12-5-6-15-11(7-12)8-14-13-4-2-1-3-10(13)9-16(14)18-15/h1-9H. The van der Waals surface area contributed by atoms with Gasteiger partial charge in [-0.15, -0.1) is 0 Å². The number of hydrogen-bond donors (Lipinski definition) is 0. The Bertz CT molecular complexity index is 844. The van der Waals surface area contributed by atoms with E-state index in [1.807, 2.05) is 12.1 Å². The summed E-state index contributed by atoms with van der Waals surface area (Å²) < 4.78 is 7.04. The molecule has 0 amide bonds. The van der Waals surface area contributed by atoms with Crippen LogP contribution in [0.1, 0.15) is 0 Å². The van der Waals surface area contributed by atoms with Gasteiger partial charge in [-0.2, -0.15) is 0 Å². The number of rotatable bonds is 0. The van der Waals surface area contributed by atoms with Crippen LogP contribution < -0.4 is 0 Å². The van der Waals surface area contributed by atoms with E-state index >= 15 is 0 Å². The Morgan fingerprint density at radius 3 is 2.67 bits per heavy atom. The Kier molecular flexibility index (Phi) is 2.03. The third-order valence-corrected chi connectivity index (χ3v) is 3.79. The Morgan fingerprint density at radius 1 is 0.833 bits per heavy atom. The van der Waals surface area contributed by atoms with Gasteiger partial charge in [-0.05, 0) is 41.1 Å². The van der Waals surface area contributed by atoms with Crippen LogP contribution in [0.15, 0.2) is 63.5 Å². The van der Waals surface area contributed by atoms with Gasteiger partial charge in [0.1, 0.15) is 11.3 Å².